The number of carbonyl (C=O) groups is 2. The Kier molecular flexibility index (Phi) is 6.91. The van der Waals surface area contributed by atoms with Gasteiger partial charge in [-0.15, -0.1) is 0 Å². The number of rotatable bonds is 6. The minimum absolute atomic E-state index is 0.393. The molecule has 0 spiro atoms. The number of hydrogen-bond acceptors (Lipinski definition) is 4. The third-order valence-electron chi connectivity index (χ3n) is 2.89. The average molecular weight is 342 g/mol. The molecule has 5 nitrogen and oxygen atoms in total. The highest BCUT2D eigenvalue weighted by Crippen LogP contribution is 2.17. The molecular formula is C18H18N2O3S. The van der Waals surface area contributed by atoms with Crippen molar-refractivity contribution in [2.75, 3.05) is 6.61 Å². The first-order chi connectivity index (χ1) is 11.7. The molecule has 2 amide bonds. The molecule has 2 aromatic rings. The molecule has 0 unspecified atom stereocenters. The van der Waals surface area contributed by atoms with Crippen LogP contribution in [0.1, 0.15) is 17.3 Å². The zero-order valence-electron chi connectivity index (χ0n) is 13.2. The van der Waals surface area contributed by atoms with Gasteiger partial charge in [-0.2, -0.15) is 0 Å². The van der Waals surface area contributed by atoms with Crippen molar-refractivity contribution in [1.29, 1.82) is 0 Å². The van der Waals surface area contributed by atoms with Crippen LogP contribution in [0.15, 0.2) is 71.0 Å². The first kappa shape index (κ1) is 17.6. The molecule has 0 bridgehead atoms. The third-order valence-corrected chi connectivity index (χ3v) is 3.71. The second-order valence-electron chi connectivity index (χ2n) is 4.63. The highest BCUT2D eigenvalue weighted by molar-refractivity contribution is 8.02. The van der Waals surface area contributed by atoms with Gasteiger partial charge in [-0.25, -0.2) is 0 Å². The lowest BCUT2D eigenvalue weighted by atomic mass is 10.2. The summed E-state index contributed by atoms with van der Waals surface area (Å²) in [5.41, 5.74) is 5.13. The van der Waals surface area contributed by atoms with E-state index in [-0.39, 0.29) is 0 Å². The van der Waals surface area contributed by atoms with Crippen LogP contribution in [0.2, 0.25) is 0 Å². The van der Waals surface area contributed by atoms with E-state index in [4.69, 9.17) is 4.74 Å². The molecule has 0 radical (unpaired) electrons. The first-order valence-corrected chi connectivity index (χ1v) is 8.28. The quantitative estimate of drug-likeness (QED) is 0.481. The standard InChI is InChI=1S/C18H18N2O3S/c1-2-23-15-10-8-14(9-11-15)18(22)20-19-17(21)12-13-24-16-6-4-3-5-7-16/h3-13H,2H2,1H3,(H,19,21)(H,20,22)/b13-12+. The van der Waals surface area contributed by atoms with Crippen molar-refractivity contribution in [3.8, 4) is 5.75 Å². The summed E-state index contributed by atoms with van der Waals surface area (Å²) >= 11 is 1.42. The second kappa shape index (κ2) is 9.42. The van der Waals surface area contributed by atoms with Crippen LogP contribution < -0.4 is 15.6 Å². The fourth-order valence-corrected chi connectivity index (χ4v) is 2.44. The van der Waals surface area contributed by atoms with Gasteiger partial charge in [0.05, 0.1) is 6.61 Å². The average Bonchev–Trinajstić information content (AvgIpc) is 2.61. The number of carbonyl (C=O) groups excluding carboxylic acids is 2. The summed E-state index contributed by atoms with van der Waals surface area (Å²) in [6, 6.07) is 16.3. The van der Waals surface area contributed by atoms with Crippen molar-refractivity contribution in [3.63, 3.8) is 0 Å². The summed E-state index contributed by atoms with van der Waals surface area (Å²) in [5, 5.41) is 1.66. The number of amides is 2. The minimum Gasteiger partial charge on any atom is -0.494 e. The number of thioether (sulfide) groups is 1. The Bertz CT molecular complexity index is 700. The predicted octanol–water partition coefficient (Wildman–Crippen LogP) is 3.15. The second-order valence-corrected chi connectivity index (χ2v) is 5.61. The Morgan fingerprint density at radius 2 is 1.75 bits per heavy atom. The Morgan fingerprint density at radius 3 is 2.42 bits per heavy atom. The molecule has 0 aromatic heterocycles. The Hall–Kier alpha value is -2.73. The van der Waals surface area contributed by atoms with Gasteiger partial charge >= 0.3 is 0 Å². The van der Waals surface area contributed by atoms with Crippen LogP contribution in [-0.4, -0.2) is 18.4 Å². The fraction of sp³-hybridized carbons (Fsp3) is 0.111. The maximum absolute atomic E-state index is 11.9. The van der Waals surface area contributed by atoms with Crippen LogP contribution in [0, 0.1) is 0 Å². The van der Waals surface area contributed by atoms with Crippen LogP contribution in [0.25, 0.3) is 0 Å². The van der Waals surface area contributed by atoms with E-state index in [0.29, 0.717) is 17.9 Å². The van der Waals surface area contributed by atoms with E-state index in [1.54, 1.807) is 29.7 Å². The summed E-state index contributed by atoms with van der Waals surface area (Å²) in [6.07, 6.45) is 1.36. The Morgan fingerprint density at radius 1 is 1.04 bits per heavy atom. The highest BCUT2D eigenvalue weighted by atomic mass is 32.2. The summed E-state index contributed by atoms with van der Waals surface area (Å²) < 4.78 is 5.31. The zero-order chi connectivity index (χ0) is 17.2. The fourth-order valence-electron chi connectivity index (χ4n) is 1.77. The van der Waals surface area contributed by atoms with E-state index in [1.165, 1.54) is 17.8 Å². The van der Waals surface area contributed by atoms with Gasteiger partial charge in [0.2, 0.25) is 0 Å². The predicted molar refractivity (Wildman–Crippen MR) is 94.7 cm³/mol. The van der Waals surface area contributed by atoms with Gasteiger partial charge in [0, 0.05) is 16.5 Å². The molecule has 6 heteroatoms. The number of ether oxygens (including phenoxy) is 1. The van der Waals surface area contributed by atoms with E-state index >= 15 is 0 Å². The molecule has 24 heavy (non-hydrogen) atoms. The molecule has 2 N–H and O–H groups in total. The molecule has 2 rings (SSSR count). The largest absolute Gasteiger partial charge is 0.494 e. The van der Waals surface area contributed by atoms with Gasteiger partial charge in [0.1, 0.15) is 5.75 Å². The third kappa shape index (κ3) is 5.81. The molecule has 0 fully saturated rings. The minimum atomic E-state index is -0.405. The lowest BCUT2D eigenvalue weighted by Gasteiger charge is -2.06. The summed E-state index contributed by atoms with van der Waals surface area (Å²) in [6.45, 7) is 2.45. The Labute approximate surface area is 145 Å². The van der Waals surface area contributed by atoms with E-state index in [2.05, 4.69) is 10.9 Å². The van der Waals surface area contributed by atoms with Gasteiger partial charge in [-0.05, 0) is 48.7 Å². The van der Waals surface area contributed by atoms with Crippen LogP contribution in [0.5, 0.6) is 5.75 Å². The SMILES string of the molecule is CCOc1ccc(C(=O)NNC(=O)/C=C/Sc2ccccc2)cc1. The molecule has 0 aliphatic carbocycles. The molecule has 0 saturated heterocycles. The number of hydrogen-bond donors (Lipinski definition) is 2. The first-order valence-electron chi connectivity index (χ1n) is 7.40. The van der Waals surface area contributed by atoms with Crippen LogP contribution in [-0.2, 0) is 4.79 Å². The normalized spacial score (nSPS) is 10.4. The Balaban J connectivity index is 1.77. The van der Waals surface area contributed by atoms with E-state index in [0.717, 1.165) is 4.90 Å². The highest BCUT2D eigenvalue weighted by Gasteiger charge is 2.06. The summed E-state index contributed by atoms with van der Waals surface area (Å²) in [5.74, 6) is -0.104. The van der Waals surface area contributed by atoms with E-state index < -0.39 is 11.8 Å². The van der Waals surface area contributed by atoms with E-state index in [1.807, 2.05) is 37.3 Å². The van der Waals surface area contributed by atoms with Gasteiger partial charge in [-0.1, -0.05) is 30.0 Å². The zero-order valence-corrected chi connectivity index (χ0v) is 14.0. The number of nitrogens with one attached hydrogen (secondary N) is 2. The molecule has 0 aliphatic heterocycles. The van der Waals surface area contributed by atoms with Crippen molar-refractivity contribution in [3.05, 3.63) is 71.6 Å². The van der Waals surface area contributed by atoms with Crippen molar-refractivity contribution in [2.24, 2.45) is 0 Å². The van der Waals surface area contributed by atoms with Crippen molar-refractivity contribution in [2.45, 2.75) is 11.8 Å². The molecule has 0 heterocycles. The maximum atomic E-state index is 11.9. The molecule has 0 saturated carbocycles. The number of hydrazine groups is 1. The van der Waals surface area contributed by atoms with Gasteiger partial charge < -0.3 is 4.74 Å². The smallest absolute Gasteiger partial charge is 0.269 e. The number of benzene rings is 2. The monoisotopic (exact) mass is 342 g/mol. The van der Waals surface area contributed by atoms with Crippen molar-refractivity contribution >= 4 is 23.6 Å². The molecule has 0 aliphatic rings. The van der Waals surface area contributed by atoms with Crippen LogP contribution in [0.4, 0.5) is 0 Å². The van der Waals surface area contributed by atoms with Crippen molar-refractivity contribution in [1.82, 2.24) is 10.9 Å². The lowest BCUT2D eigenvalue weighted by molar-refractivity contribution is -0.117. The van der Waals surface area contributed by atoms with Crippen LogP contribution in [0.3, 0.4) is 0 Å². The maximum Gasteiger partial charge on any atom is 0.269 e. The van der Waals surface area contributed by atoms with E-state index in [9.17, 15) is 9.59 Å². The summed E-state index contributed by atoms with van der Waals surface area (Å²) in [7, 11) is 0. The molecule has 2 aromatic carbocycles. The molecule has 0 atom stereocenters. The lowest BCUT2D eigenvalue weighted by Crippen LogP contribution is -2.40. The summed E-state index contributed by atoms with van der Waals surface area (Å²) in [4.78, 5) is 24.6. The van der Waals surface area contributed by atoms with Gasteiger partial charge in [0.15, 0.2) is 0 Å². The van der Waals surface area contributed by atoms with Crippen molar-refractivity contribution < 1.29 is 14.3 Å². The molecule has 124 valence electrons. The topological polar surface area (TPSA) is 67.4 Å². The van der Waals surface area contributed by atoms with Gasteiger partial charge in [-0.3, -0.25) is 20.4 Å². The van der Waals surface area contributed by atoms with Crippen LogP contribution >= 0.6 is 11.8 Å². The molecular weight excluding hydrogens is 324 g/mol. The van der Waals surface area contributed by atoms with Gasteiger partial charge in [0.25, 0.3) is 11.8 Å².